The van der Waals surface area contributed by atoms with Crippen LogP contribution in [0.3, 0.4) is 0 Å². The van der Waals surface area contributed by atoms with Gasteiger partial charge >= 0.3 is 6.16 Å². The van der Waals surface area contributed by atoms with Crippen LogP contribution in [0.15, 0.2) is 48.5 Å². The van der Waals surface area contributed by atoms with Gasteiger partial charge in [-0.05, 0) is 60.8 Å². The Morgan fingerprint density at radius 1 is 0.457 bits per heavy atom. The van der Waals surface area contributed by atoms with E-state index in [-0.39, 0.29) is 0 Å². The van der Waals surface area contributed by atoms with Gasteiger partial charge in [-0.1, -0.05) is 193 Å². The molecule has 3 nitrogen and oxygen atoms in total. The predicted octanol–water partition coefficient (Wildman–Crippen LogP) is 14.9. The lowest BCUT2D eigenvalue weighted by atomic mass is 9.90. The van der Waals surface area contributed by atoms with Gasteiger partial charge in [-0.2, -0.15) is 0 Å². The number of rotatable bonds is 28. The summed E-state index contributed by atoms with van der Waals surface area (Å²) in [5.74, 6) is 2.05. The molecule has 2 unspecified atom stereocenters. The number of unbranched alkanes of at least 4 members (excludes halogenated alkanes) is 18. The Morgan fingerprint density at radius 2 is 0.761 bits per heavy atom. The normalized spacial score (nSPS) is 12.6. The Balaban J connectivity index is 1.82. The highest BCUT2D eigenvalue weighted by atomic mass is 16.7. The molecule has 0 saturated heterocycles. The largest absolute Gasteiger partial charge is 0.519 e. The third kappa shape index (κ3) is 17.0. The van der Waals surface area contributed by atoms with Crippen molar-refractivity contribution in [1.29, 1.82) is 0 Å². The van der Waals surface area contributed by atoms with Gasteiger partial charge in [0.05, 0.1) is 0 Å². The molecule has 0 fully saturated rings. The van der Waals surface area contributed by atoms with Crippen LogP contribution in [-0.4, -0.2) is 6.16 Å². The van der Waals surface area contributed by atoms with Gasteiger partial charge in [0.15, 0.2) is 0 Å². The van der Waals surface area contributed by atoms with Crippen molar-refractivity contribution in [2.45, 2.75) is 194 Å². The van der Waals surface area contributed by atoms with Crippen molar-refractivity contribution in [3.8, 4) is 11.5 Å². The second-order valence-electron chi connectivity index (χ2n) is 13.7. The first-order valence-corrected chi connectivity index (χ1v) is 19.7. The first-order chi connectivity index (χ1) is 22.6. The molecule has 0 bridgehead atoms. The monoisotopic (exact) mass is 635 g/mol. The number of carbonyl (C=O) groups is 1. The summed E-state index contributed by atoms with van der Waals surface area (Å²) in [6.45, 7) is 9.04. The van der Waals surface area contributed by atoms with Crippen molar-refractivity contribution in [2.75, 3.05) is 0 Å². The molecule has 2 aromatic carbocycles. The van der Waals surface area contributed by atoms with E-state index >= 15 is 0 Å². The molecule has 0 N–H and O–H groups in total. The molecule has 3 heteroatoms. The average Bonchev–Trinajstić information content (AvgIpc) is 3.07. The fourth-order valence-electron chi connectivity index (χ4n) is 6.94. The first-order valence-electron chi connectivity index (χ1n) is 19.7. The van der Waals surface area contributed by atoms with E-state index in [9.17, 15) is 4.79 Å². The molecule has 0 spiro atoms. The fourth-order valence-corrected chi connectivity index (χ4v) is 6.94. The third-order valence-electron chi connectivity index (χ3n) is 9.90. The van der Waals surface area contributed by atoms with E-state index in [2.05, 4.69) is 52.0 Å². The van der Waals surface area contributed by atoms with Gasteiger partial charge in [0, 0.05) is 0 Å². The smallest absolute Gasteiger partial charge is 0.394 e. The third-order valence-corrected chi connectivity index (χ3v) is 9.90. The molecule has 0 saturated carbocycles. The number of carbonyl (C=O) groups excluding carboxylic acids is 1. The maximum absolute atomic E-state index is 13.2. The Labute approximate surface area is 284 Å². The summed E-state index contributed by atoms with van der Waals surface area (Å²) in [6, 6.07) is 16.1. The zero-order valence-corrected chi connectivity index (χ0v) is 30.5. The molecule has 0 heterocycles. The highest BCUT2D eigenvalue weighted by Crippen LogP contribution is 2.35. The summed E-state index contributed by atoms with van der Waals surface area (Å²) < 4.78 is 11.8. The van der Waals surface area contributed by atoms with Crippen molar-refractivity contribution in [3.63, 3.8) is 0 Å². The van der Waals surface area contributed by atoms with Gasteiger partial charge < -0.3 is 9.47 Å². The lowest BCUT2D eigenvalue weighted by Crippen LogP contribution is -2.17. The Bertz CT molecular complexity index is 935. The fraction of sp³-hybridized carbons (Fsp3) is 0.698. The summed E-state index contributed by atoms with van der Waals surface area (Å²) in [6.07, 6.45) is 30.6. The minimum absolute atomic E-state index is 0.385. The van der Waals surface area contributed by atoms with Crippen LogP contribution in [0, 0.1) is 0 Å². The Kier molecular flexibility index (Phi) is 23.2. The average molecular weight is 635 g/mol. The molecular weight excluding hydrogens is 564 g/mol. The van der Waals surface area contributed by atoms with Crippen LogP contribution < -0.4 is 9.47 Å². The van der Waals surface area contributed by atoms with Crippen molar-refractivity contribution in [3.05, 3.63) is 59.7 Å². The molecule has 0 radical (unpaired) electrons. The molecule has 0 aliphatic heterocycles. The maximum Gasteiger partial charge on any atom is 0.519 e. The standard InChI is InChI=1S/C43H70O3/c1-5-9-11-13-15-17-19-21-23-25-31-37(7-3)39-33-27-29-35-41(39)45-43(44)46-42-36-30-28-34-40(42)38(8-4)32-26-24-22-20-18-16-14-12-10-6-2/h27-30,33-38H,5-26,31-32H2,1-4H3. The lowest BCUT2D eigenvalue weighted by molar-refractivity contribution is 0.150. The van der Waals surface area contributed by atoms with Crippen LogP contribution in [0.5, 0.6) is 11.5 Å². The number of benzene rings is 2. The summed E-state index contributed by atoms with van der Waals surface area (Å²) in [5, 5.41) is 0. The Morgan fingerprint density at radius 3 is 1.09 bits per heavy atom. The SMILES string of the molecule is CCCCCCCCCCCCC(CC)c1ccccc1OC(=O)Oc1ccccc1C(CC)CCCCCCCCCCCC. The molecule has 46 heavy (non-hydrogen) atoms. The van der Waals surface area contributed by atoms with E-state index in [1.54, 1.807) is 0 Å². The molecule has 2 rings (SSSR count). The molecule has 260 valence electrons. The molecule has 0 aromatic heterocycles. The maximum atomic E-state index is 13.2. The van der Waals surface area contributed by atoms with Crippen LogP contribution in [-0.2, 0) is 0 Å². The van der Waals surface area contributed by atoms with E-state index in [1.165, 1.54) is 128 Å². The van der Waals surface area contributed by atoms with E-state index in [0.29, 0.717) is 23.3 Å². The minimum Gasteiger partial charge on any atom is -0.394 e. The summed E-state index contributed by atoms with van der Waals surface area (Å²) in [5.41, 5.74) is 2.25. The van der Waals surface area contributed by atoms with Crippen molar-refractivity contribution >= 4 is 6.16 Å². The zero-order valence-electron chi connectivity index (χ0n) is 30.5. The van der Waals surface area contributed by atoms with Gasteiger partial charge in [0.1, 0.15) is 11.5 Å². The minimum atomic E-state index is -0.637. The molecule has 2 atom stereocenters. The first kappa shape index (κ1) is 39.9. The van der Waals surface area contributed by atoms with Gasteiger partial charge in [-0.3, -0.25) is 0 Å². The number of hydrogen-bond donors (Lipinski definition) is 0. The van der Waals surface area contributed by atoms with Gasteiger partial charge in [0.2, 0.25) is 0 Å². The van der Waals surface area contributed by atoms with Gasteiger partial charge in [-0.25, -0.2) is 4.79 Å². The summed E-state index contributed by atoms with van der Waals surface area (Å²) in [4.78, 5) is 13.2. The lowest BCUT2D eigenvalue weighted by Gasteiger charge is -2.20. The van der Waals surface area contributed by atoms with Crippen molar-refractivity contribution in [2.24, 2.45) is 0 Å². The van der Waals surface area contributed by atoms with E-state index in [1.807, 2.05) is 24.3 Å². The molecule has 0 amide bonds. The summed E-state index contributed by atoms with van der Waals surface area (Å²) >= 11 is 0. The quantitative estimate of drug-likeness (QED) is 0.0531. The van der Waals surface area contributed by atoms with E-state index in [0.717, 1.165) is 36.8 Å². The highest BCUT2D eigenvalue weighted by molar-refractivity contribution is 5.68. The van der Waals surface area contributed by atoms with Crippen LogP contribution >= 0.6 is 0 Å². The number of hydrogen-bond acceptors (Lipinski definition) is 3. The zero-order chi connectivity index (χ0) is 33.1. The number of para-hydroxylation sites is 2. The van der Waals surface area contributed by atoms with Crippen LogP contribution in [0.1, 0.15) is 205 Å². The Hall–Kier alpha value is -2.29. The second kappa shape index (κ2) is 26.7. The van der Waals surface area contributed by atoms with Crippen LogP contribution in [0.4, 0.5) is 4.79 Å². The van der Waals surface area contributed by atoms with Gasteiger partial charge in [0.25, 0.3) is 0 Å². The molecule has 2 aromatic rings. The summed E-state index contributed by atoms with van der Waals surface area (Å²) in [7, 11) is 0. The second-order valence-corrected chi connectivity index (χ2v) is 13.7. The topological polar surface area (TPSA) is 35.5 Å². The van der Waals surface area contributed by atoms with Crippen LogP contribution in [0.2, 0.25) is 0 Å². The van der Waals surface area contributed by atoms with Crippen molar-refractivity contribution in [1.82, 2.24) is 0 Å². The van der Waals surface area contributed by atoms with Crippen molar-refractivity contribution < 1.29 is 14.3 Å². The van der Waals surface area contributed by atoms with E-state index < -0.39 is 6.16 Å². The van der Waals surface area contributed by atoms with Gasteiger partial charge in [-0.15, -0.1) is 0 Å². The molecule has 0 aliphatic carbocycles. The molecular formula is C43H70O3. The number of ether oxygens (including phenoxy) is 2. The van der Waals surface area contributed by atoms with Crippen LogP contribution in [0.25, 0.3) is 0 Å². The predicted molar refractivity (Wildman–Crippen MR) is 199 cm³/mol. The van der Waals surface area contributed by atoms with E-state index in [4.69, 9.17) is 9.47 Å². The molecule has 0 aliphatic rings. The highest BCUT2D eigenvalue weighted by Gasteiger charge is 2.20.